The van der Waals surface area contributed by atoms with Gasteiger partial charge in [0.05, 0.1) is 18.8 Å². The van der Waals surface area contributed by atoms with Crippen molar-refractivity contribution in [1.29, 1.82) is 0 Å². The van der Waals surface area contributed by atoms with E-state index in [1.165, 1.54) is 22.2 Å². The molecule has 0 spiro atoms. The highest BCUT2D eigenvalue weighted by Gasteiger charge is 2.32. The third-order valence-electron chi connectivity index (χ3n) is 6.08. The van der Waals surface area contributed by atoms with E-state index >= 15 is 0 Å². The fraction of sp³-hybridized carbons (Fsp3) is 0.269. The molecule has 0 atom stereocenters. The van der Waals surface area contributed by atoms with Crippen molar-refractivity contribution >= 4 is 27.5 Å². The van der Waals surface area contributed by atoms with Gasteiger partial charge in [0.1, 0.15) is 17.1 Å². The lowest BCUT2D eigenvalue weighted by Crippen LogP contribution is -2.37. The number of thiophene rings is 1. The summed E-state index contributed by atoms with van der Waals surface area (Å²) in [6.07, 6.45) is 3.50. The molecule has 1 saturated carbocycles. The number of fused-ring (bicyclic) bond motifs is 1. The van der Waals surface area contributed by atoms with Crippen LogP contribution in [0.2, 0.25) is 0 Å². The number of carbonyl (C=O) groups is 1. The van der Waals surface area contributed by atoms with E-state index in [4.69, 9.17) is 4.74 Å². The van der Waals surface area contributed by atoms with E-state index in [0.717, 1.165) is 40.2 Å². The average molecular weight is 460 g/mol. The predicted molar refractivity (Wildman–Crippen MR) is 131 cm³/mol. The van der Waals surface area contributed by atoms with Crippen LogP contribution in [0.25, 0.3) is 20.7 Å². The second-order valence-electron chi connectivity index (χ2n) is 8.38. The molecule has 1 aliphatic carbocycles. The second kappa shape index (κ2) is 8.83. The van der Waals surface area contributed by atoms with Gasteiger partial charge in [-0.25, -0.2) is 4.98 Å². The number of nitrogens with zero attached hydrogens (tertiary/aromatic N) is 3. The van der Waals surface area contributed by atoms with Crippen molar-refractivity contribution in [1.82, 2.24) is 14.5 Å². The zero-order valence-corrected chi connectivity index (χ0v) is 19.5. The zero-order chi connectivity index (χ0) is 22.9. The van der Waals surface area contributed by atoms with Crippen LogP contribution in [0.5, 0.6) is 5.75 Å². The lowest BCUT2D eigenvalue weighted by atomic mass is 10.1. The fourth-order valence-electron chi connectivity index (χ4n) is 4.11. The molecule has 33 heavy (non-hydrogen) atoms. The first kappa shape index (κ1) is 21.4. The molecule has 0 bridgehead atoms. The molecule has 1 aliphatic rings. The van der Waals surface area contributed by atoms with E-state index in [-0.39, 0.29) is 24.1 Å². The van der Waals surface area contributed by atoms with Gasteiger partial charge in [-0.15, -0.1) is 11.3 Å². The summed E-state index contributed by atoms with van der Waals surface area (Å²) in [5.74, 6) is 0.725. The fourth-order valence-corrected chi connectivity index (χ4v) is 5.25. The van der Waals surface area contributed by atoms with Gasteiger partial charge in [0.25, 0.3) is 5.56 Å². The van der Waals surface area contributed by atoms with E-state index in [1.807, 2.05) is 66.4 Å². The molecule has 0 saturated heterocycles. The molecule has 2 aromatic heterocycles. The molecule has 4 aromatic rings. The first-order valence-corrected chi connectivity index (χ1v) is 11.8. The summed E-state index contributed by atoms with van der Waals surface area (Å²) in [5, 5.41) is 0.599. The normalized spacial score (nSPS) is 13.3. The molecule has 1 fully saturated rings. The molecule has 7 heteroatoms. The van der Waals surface area contributed by atoms with Gasteiger partial charge >= 0.3 is 0 Å². The Balaban J connectivity index is 1.41. The number of hydrogen-bond acceptors (Lipinski definition) is 5. The van der Waals surface area contributed by atoms with Gasteiger partial charge in [0.15, 0.2) is 0 Å². The van der Waals surface area contributed by atoms with Crippen molar-refractivity contribution in [3.05, 3.63) is 82.4 Å². The monoisotopic (exact) mass is 459 g/mol. The highest BCUT2D eigenvalue weighted by atomic mass is 32.1. The minimum Gasteiger partial charge on any atom is -0.497 e. The molecule has 0 radical (unpaired) electrons. The third-order valence-corrected chi connectivity index (χ3v) is 7.33. The van der Waals surface area contributed by atoms with Crippen LogP contribution in [-0.4, -0.2) is 33.5 Å². The summed E-state index contributed by atoms with van der Waals surface area (Å²) in [7, 11) is 1.63. The van der Waals surface area contributed by atoms with E-state index in [2.05, 4.69) is 4.98 Å². The smallest absolute Gasteiger partial charge is 0.262 e. The van der Waals surface area contributed by atoms with Gasteiger partial charge in [-0.2, -0.15) is 0 Å². The van der Waals surface area contributed by atoms with E-state index in [0.29, 0.717) is 16.8 Å². The Labute approximate surface area is 196 Å². The second-order valence-corrected chi connectivity index (χ2v) is 9.38. The number of hydrogen-bond donors (Lipinski definition) is 0. The number of benzene rings is 2. The van der Waals surface area contributed by atoms with Gasteiger partial charge in [-0.3, -0.25) is 14.2 Å². The molecule has 1 amide bonds. The van der Waals surface area contributed by atoms with Crippen molar-refractivity contribution in [2.45, 2.75) is 38.9 Å². The highest BCUT2D eigenvalue weighted by molar-refractivity contribution is 7.22. The lowest BCUT2D eigenvalue weighted by Gasteiger charge is -2.23. The van der Waals surface area contributed by atoms with Crippen molar-refractivity contribution in [3.63, 3.8) is 0 Å². The molecule has 2 heterocycles. The van der Waals surface area contributed by atoms with Crippen molar-refractivity contribution < 1.29 is 9.53 Å². The van der Waals surface area contributed by atoms with Crippen LogP contribution in [0.3, 0.4) is 0 Å². The number of methoxy groups -OCH3 is 1. The molecular formula is C26H25N3O3S. The minimum absolute atomic E-state index is 0.00954. The van der Waals surface area contributed by atoms with Gasteiger partial charge in [-0.1, -0.05) is 42.5 Å². The Morgan fingerprint density at radius 2 is 1.88 bits per heavy atom. The average Bonchev–Trinajstić information content (AvgIpc) is 3.62. The maximum atomic E-state index is 13.3. The zero-order valence-electron chi connectivity index (χ0n) is 18.7. The largest absolute Gasteiger partial charge is 0.497 e. The topological polar surface area (TPSA) is 64.4 Å². The van der Waals surface area contributed by atoms with E-state index in [1.54, 1.807) is 7.11 Å². The quantitative estimate of drug-likeness (QED) is 0.404. The summed E-state index contributed by atoms with van der Waals surface area (Å²) >= 11 is 1.51. The van der Waals surface area contributed by atoms with Crippen molar-refractivity contribution in [2.75, 3.05) is 7.11 Å². The summed E-state index contributed by atoms with van der Waals surface area (Å²) in [4.78, 5) is 34.7. The molecular weight excluding hydrogens is 434 g/mol. The summed E-state index contributed by atoms with van der Waals surface area (Å²) < 4.78 is 6.67. The van der Waals surface area contributed by atoms with Crippen molar-refractivity contribution in [3.8, 4) is 16.2 Å². The van der Waals surface area contributed by atoms with Crippen LogP contribution in [0.15, 0.2) is 65.7 Å². The molecule has 0 N–H and O–H groups in total. The minimum atomic E-state index is -0.163. The summed E-state index contributed by atoms with van der Waals surface area (Å²) in [5.41, 5.74) is 2.86. The molecule has 0 aliphatic heterocycles. The number of aryl methyl sites for hydroxylation is 1. The number of ether oxygens (including phenoxy) is 1. The van der Waals surface area contributed by atoms with Crippen LogP contribution in [0.4, 0.5) is 0 Å². The molecule has 5 rings (SSSR count). The van der Waals surface area contributed by atoms with Gasteiger partial charge in [0, 0.05) is 17.5 Å². The molecule has 0 unspecified atom stereocenters. The molecule has 168 valence electrons. The number of amides is 1. The summed E-state index contributed by atoms with van der Waals surface area (Å²) in [6.45, 7) is 2.47. The van der Waals surface area contributed by atoms with Crippen LogP contribution in [0, 0.1) is 6.92 Å². The number of rotatable bonds is 7. The SMILES string of the molecule is COc1ccc(CN(C(=O)Cn2cnc3sc(-c4ccccc4)c(C)c3c2=O)C2CC2)cc1. The maximum Gasteiger partial charge on any atom is 0.262 e. The molecule has 6 nitrogen and oxygen atoms in total. The van der Waals surface area contributed by atoms with Gasteiger partial charge in [-0.05, 0) is 48.6 Å². The van der Waals surface area contributed by atoms with Crippen molar-refractivity contribution in [2.24, 2.45) is 0 Å². The Hall–Kier alpha value is -3.45. The first-order chi connectivity index (χ1) is 16.0. The Morgan fingerprint density at radius 1 is 1.15 bits per heavy atom. The van der Waals surface area contributed by atoms with Gasteiger partial charge < -0.3 is 9.64 Å². The number of aromatic nitrogens is 2. The predicted octanol–water partition coefficient (Wildman–Crippen LogP) is 4.63. The molecule has 2 aromatic carbocycles. The van der Waals surface area contributed by atoms with Crippen LogP contribution in [-0.2, 0) is 17.9 Å². The van der Waals surface area contributed by atoms with Gasteiger partial charge in [0.2, 0.25) is 5.91 Å². The Kier molecular flexibility index (Phi) is 5.72. The van der Waals surface area contributed by atoms with Crippen LogP contribution >= 0.6 is 11.3 Å². The Morgan fingerprint density at radius 3 is 2.55 bits per heavy atom. The maximum absolute atomic E-state index is 13.3. The van der Waals surface area contributed by atoms with Crippen LogP contribution in [0.1, 0.15) is 24.0 Å². The summed E-state index contributed by atoms with van der Waals surface area (Å²) in [6, 6.07) is 18.0. The number of carbonyl (C=O) groups excluding carboxylic acids is 1. The Bertz CT molecular complexity index is 1360. The first-order valence-electron chi connectivity index (χ1n) is 11.0. The highest BCUT2D eigenvalue weighted by Crippen LogP contribution is 2.35. The van der Waals surface area contributed by atoms with E-state index < -0.39 is 0 Å². The standard InChI is InChI=1S/C26H25N3O3S/c1-17-23-25(33-24(17)19-6-4-3-5-7-19)27-16-28(26(23)31)15-22(30)29(20-10-11-20)14-18-8-12-21(32-2)13-9-18/h3-9,12-13,16,20H,10-11,14-15H2,1-2H3. The van der Waals surface area contributed by atoms with Crippen LogP contribution < -0.4 is 10.3 Å². The van der Waals surface area contributed by atoms with E-state index in [9.17, 15) is 9.59 Å². The third kappa shape index (κ3) is 4.28. The lowest BCUT2D eigenvalue weighted by molar-refractivity contribution is -0.133.